The maximum Gasteiger partial charge on any atom is 0.319 e. The first kappa shape index (κ1) is 15.0. The average Bonchev–Trinajstić information content (AvgIpc) is 2.97. The van der Waals surface area contributed by atoms with Crippen LogP contribution in [0.2, 0.25) is 0 Å². The van der Waals surface area contributed by atoms with Crippen LogP contribution in [0.5, 0.6) is 0 Å². The van der Waals surface area contributed by atoms with Crippen LogP contribution in [0.1, 0.15) is 25.0 Å². The monoisotopic (exact) mass is 289 g/mol. The van der Waals surface area contributed by atoms with E-state index in [1.54, 1.807) is 48.3 Å². The molecule has 112 valence electrons. The minimum atomic E-state index is -0.510. The normalized spacial score (nSPS) is 11.9. The number of urea groups is 1. The van der Waals surface area contributed by atoms with Gasteiger partial charge in [-0.1, -0.05) is 17.3 Å². The predicted molar refractivity (Wildman–Crippen MR) is 78.7 cm³/mol. The SMILES string of the molecule is CC(O)c1ccc(NC(=O)NCCCn2ccnn2)cc1. The Morgan fingerprint density at radius 1 is 1.38 bits per heavy atom. The molecule has 0 aliphatic rings. The lowest BCUT2D eigenvalue weighted by Crippen LogP contribution is -2.30. The van der Waals surface area contributed by atoms with Crippen LogP contribution in [-0.4, -0.2) is 32.7 Å². The number of hydrogen-bond donors (Lipinski definition) is 3. The largest absolute Gasteiger partial charge is 0.389 e. The Hall–Kier alpha value is -2.41. The fraction of sp³-hybridized carbons (Fsp3) is 0.357. The molecule has 0 saturated carbocycles. The number of carbonyl (C=O) groups excluding carboxylic acids is 1. The van der Waals surface area contributed by atoms with Crippen LogP contribution in [0.4, 0.5) is 10.5 Å². The van der Waals surface area contributed by atoms with Gasteiger partial charge in [-0.25, -0.2) is 4.79 Å². The molecule has 1 aromatic heterocycles. The van der Waals surface area contributed by atoms with Crippen LogP contribution < -0.4 is 10.6 Å². The van der Waals surface area contributed by atoms with Gasteiger partial charge in [-0.3, -0.25) is 4.68 Å². The number of carbonyl (C=O) groups is 1. The molecule has 2 amide bonds. The molecule has 1 heterocycles. The maximum absolute atomic E-state index is 11.7. The summed E-state index contributed by atoms with van der Waals surface area (Å²) in [6, 6.07) is 6.84. The highest BCUT2D eigenvalue weighted by molar-refractivity contribution is 5.89. The van der Waals surface area contributed by atoms with E-state index in [1.807, 2.05) is 0 Å². The molecule has 1 aromatic carbocycles. The third-order valence-corrected chi connectivity index (χ3v) is 2.97. The summed E-state index contributed by atoms with van der Waals surface area (Å²) in [6.07, 6.45) is 3.67. The number of aliphatic hydroxyl groups excluding tert-OH is 1. The zero-order chi connectivity index (χ0) is 15.1. The number of anilines is 1. The molecule has 1 unspecified atom stereocenters. The number of aliphatic hydroxyl groups is 1. The van der Waals surface area contributed by atoms with Gasteiger partial charge in [0.2, 0.25) is 0 Å². The third-order valence-electron chi connectivity index (χ3n) is 2.97. The fourth-order valence-corrected chi connectivity index (χ4v) is 1.82. The number of rotatable bonds is 6. The van der Waals surface area contributed by atoms with Crippen molar-refractivity contribution in [2.75, 3.05) is 11.9 Å². The van der Waals surface area contributed by atoms with Gasteiger partial charge < -0.3 is 15.7 Å². The summed E-state index contributed by atoms with van der Waals surface area (Å²) in [5.41, 5.74) is 1.50. The van der Waals surface area contributed by atoms with Crippen molar-refractivity contribution >= 4 is 11.7 Å². The zero-order valence-electron chi connectivity index (χ0n) is 11.9. The topological polar surface area (TPSA) is 92.1 Å². The lowest BCUT2D eigenvalue weighted by atomic mass is 10.1. The van der Waals surface area contributed by atoms with Crippen LogP contribution in [0, 0.1) is 0 Å². The molecule has 7 heteroatoms. The molecule has 21 heavy (non-hydrogen) atoms. The van der Waals surface area contributed by atoms with Crippen molar-refractivity contribution in [3.8, 4) is 0 Å². The van der Waals surface area contributed by atoms with Crippen LogP contribution in [0.25, 0.3) is 0 Å². The second-order valence-electron chi connectivity index (χ2n) is 4.70. The smallest absolute Gasteiger partial charge is 0.319 e. The number of aryl methyl sites for hydroxylation is 1. The molecule has 0 saturated heterocycles. The van der Waals surface area contributed by atoms with Crippen molar-refractivity contribution in [1.29, 1.82) is 0 Å². The molecule has 2 aromatic rings. The molecule has 0 radical (unpaired) electrons. The number of hydrogen-bond acceptors (Lipinski definition) is 4. The highest BCUT2D eigenvalue weighted by Crippen LogP contribution is 2.15. The first-order chi connectivity index (χ1) is 10.1. The quantitative estimate of drug-likeness (QED) is 0.703. The van der Waals surface area contributed by atoms with E-state index in [1.165, 1.54) is 0 Å². The van der Waals surface area contributed by atoms with Gasteiger partial charge in [0.25, 0.3) is 0 Å². The number of nitrogens with zero attached hydrogens (tertiary/aromatic N) is 3. The Balaban J connectivity index is 1.69. The maximum atomic E-state index is 11.7. The average molecular weight is 289 g/mol. The van der Waals surface area contributed by atoms with E-state index in [2.05, 4.69) is 20.9 Å². The van der Waals surface area contributed by atoms with Gasteiger partial charge in [-0.05, 0) is 31.0 Å². The van der Waals surface area contributed by atoms with Crippen LogP contribution in [0.15, 0.2) is 36.7 Å². The number of amides is 2. The molecule has 1 atom stereocenters. The summed E-state index contributed by atoms with van der Waals surface area (Å²) < 4.78 is 1.72. The standard InChI is InChI=1S/C14H19N5O2/c1-11(20)12-3-5-13(6-4-12)17-14(21)15-7-2-9-19-10-8-16-18-19/h3-6,8,10-11,20H,2,7,9H2,1H3,(H2,15,17,21). The molecule has 0 bridgehead atoms. The van der Waals surface area contributed by atoms with Gasteiger partial charge in [-0.15, -0.1) is 5.10 Å². The van der Waals surface area contributed by atoms with Crippen LogP contribution in [0.3, 0.4) is 0 Å². The minimum Gasteiger partial charge on any atom is -0.389 e. The van der Waals surface area contributed by atoms with Gasteiger partial charge in [0.05, 0.1) is 12.3 Å². The number of nitrogens with one attached hydrogen (secondary N) is 2. The summed E-state index contributed by atoms with van der Waals surface area (Å²) in [7, 11) is 0. The molecular formula is C14H19N5O2. The molecule has 0 spiro atoms. The van der Waals surface area contributed by atoms with E-state index >= 15 is 0 Å². The Labute approximate surface area is 123 Å². The molecule has 0 aliphatic heterocycles. The van der Waals surface area contributed by atoms with E-state index in [4.69, 9.17) is 0 Å². The Morgan fingerprint density at radius 2 is 2.14 bits per heavy atom. The van der Waals surface area contributed by atoms with Crippen molar-refractivity contribution in [2.24, 2.45) is 0 Å². The van der Waals surface area contributed by atoms with Crippen molar-refractivity contribution in [3.05, 3.63) is 42.2 Å². The van der Waals surface area contributed by atoms with Gasteiger partial charge in [0.15, 0.2) is 0 Å². The zero-order valence-corrected chi connectivity index (χ0v) is 11.9. The molecule has 0 aliphatic carbocycles. The van der Waals surface area contributed by atoms with E-state index in [-0.39, 0.29) is 6.03 Å². The number of aromatic nitrogens is 3. The van der Waals surface area contributed by atoms with E-state index in [0.717, 1.165) is 12.0 Å². The van der Waals surface area contributed by atoms with Gasteiger partial charge in [0.1, 0.15) is 0 Å². The van der Waals surface area contributed by atoms with Crippen molar-refractivity contribution < 1.29 is 9.90 Å². The van der Waals surface area contributed by atoms with Crippen LogP contribution in [-0.2, 0) is 6.54 Å². The predicted octanol–water partition coefficient (Wildman–Crippen LogP) is 1.54. The van der Waals surface area contributed by atoms with Crippen molar-refractivity contribution in [1.82, 2.24) is 20.3 Å². The van der Waals surface area contributed by atoms with Crippen molar-refractivity contribution in [2.45, 2.75) is 26.0 Å². The minimum absolute atomic E-state index is 0.251. The Bertz CT molecular complexity index is 551. The summed E-state index contributed by atoms with van der Waals surface area (Å²) in [6.45, 7) is 2.96. The molecule has 2 rings (SSSR count). The lowest BCUT2D eigenvalue weighted by Gasteiger charge is -2.09. The van der Waals surface area contributed by atoms with Crippen molar-refractivity contribution in [3.63, 3.8) is 0 Å². The van der Waals surface area contributed by atoms with E-state index in [9.17, 15) is 9.90 Å². The first-order valence-electron chi connectivity index (χ1n) is 6.82. The Kier molecular flexibility index (Phi) is 5.28. The first-order valence-corrected chi connectivity index (χ1v) is 6.82. The van der Waals surface area contributed by atoms with Crippen LogP contribution >= 0.6 is 0 Å². The van der Waals surface area contributed by atoms with Gasteiger partial charge in [0, 0.05) is 25.0 Å². The van der Waals surface area contributed by atoms with Gasteiger partial charge in [-0.2, -0.15) is 0 Å². The second kappa shape index (κ2) is 7.39. The summed E-state index contributed by atoms with van der Waals surface area (Å²) in [5.74, 6) is 0. The van der Waals surface area contributed by atoms with E-state index < -0.39 is 6.10 Å². The Morgan fingerprint density at radius 3 is 2.76 bits per heavy atom. The summed E-state index contributed by atoms with van der Waals surface area (Å²) >= 11 is 0. The molecular weight excluding hydrogens is 270 g/mol. The molecule has 0 fully saturated rings. The lowest BCUT2D eigenvalue weighted by molar-refractivity contribution is 0.199. The summed E-state index contributed by atoms with van der Waals surface area (Å²) in [4.78, 5) is 11.7. The highest BCUT2D eigenvalue weighted by atomic mass is 16.3. The fourth-order valence-electron chi connectivity index (χ4n) is 1.82. The second-order valence-corrected chi connectivity index (χ2v) is 4.70. The summed E-state index contributed by atoms with van der Waals surface area (Å²) in [5, 5.41) is 22.5. The highest BCUT2D eigenvalue weighted by Gasteiger charge is 2.03. The molecule has 7 nitrogen and oxygen atoms in total. The third kappa shape index (κ3) is 4.88. The molecule has 3 N–H and O–H groups in total. The van der Waals surface area contributed by atoms with E-state index in [0.29, 0.717) is 18.8 Å². The van der Waals surface area contributed by atoms with Gasteiger partial charge >= 0.3 is 6.03 Å². The number of benzene rings is 1.